The summed E-state index contributed by atoms with van der Waals surface area (Å²) in [6.07, 6.45) is -2.86. The highest BCUT2D eigenvalue weighted by Crippen LogP contribution is 2.33. The second-order valence-electron chi connectivity index (χ2n) is 3.57. The van der Waals surface area contributed by atoms with Gasteiger partial charge in [0.15, 0.2) is 0 Å². The number of hydrogen-bond donors (Lipinski definition) is 0. The van der Waals surface area contributed by atoms with Gasteiger partial charge >= 0.3 is 0 Å². The van der Waals surface area contributed by atoms with Crippen LogP contribution in [0, 0.1) is 5.82 Å². The lowest BCUT2D eigenvalue weighted by molar-refractivity contribution is 0.144. The van der Waals surface area contributed by atoms with Crippen LogP contribution in [0.15, 0.2) is 18.2 Å². The molecule has 102 valence electrons. The Balaban J connectivity index is 2.70. The van der Waals surface area contributed by atoms with Gasteiger partial charge < -0.3 is 0 Å². The van der Waals surface area contributed by atoms with Crippen LogP contribution < -0.4 is 0 Å². The molecule has 0 radical (unpaired) electrons. The Bertz CT molecular complexity index is 593. The maximum atomic E-state index is 13.7. The molecule has 2 nitrogen and oxygen atoms in total. The number of aromatic nitrogens is 2. The molecule has 0 fully saturated rings. The van der Waals surface area contributed by atoms with Crippen molar-refractivity contribution in [1.29, 1.82) is 0 Å². The molecule has 2 rings (SSSR count). The molecule has 0 bridgehead atoms. The Labute approximate surface area is 121 Å². The lowest BCUT2D eigenvalue weighted by Gasteiger charge is -2.06. The second kappa shape index (κ2) is 5.61. The highest BCUT2D eigenvalue weighted by molar-refractivity contribution is 6.33. The largest absolute Gasteiger partial charge is 0.282 e. The fourth-order valence-corrected chi connectivity index (χ4v) is 2.44. The van der Waals surface area contributed by atoms with E-state index in [1.807, 2.05) is 0 Å². The van der Waals surface area contributed by atoms with Crippen molar-refractivity contribution in [3.05, 3.63) is 45.4 Å². The summed E-state index contributed by atoms with van der Waals surface area (Å²) in [6, 6.07) is 3.91. The maximum Gasteiger partial charge on any atom is 0.282 e. The number of benzene rings is 1. The minimum absolute atomic E-state index is 0.00587. The van der Waals surface area contributed by atoms with E-state index in [1.165, 1.54) is 12.1 Å². The van der Waals surface area contributed by atoms with E-state index in [0.29, 0.717) is 0 Å². The predicted octanol–water partition coefficient (Wildman–Crippen LogP) is 4.99. The average Bonchev–Trinajstić information content (AvgIpc) is 2.67. The molecule has 8 heteroatoms. The lowest BCUT2D eigenvalue weighted by atomic mass is 10.3. The molecule has 0 amide bonds. The zero-order valence-electron chi connectivity index (χ0n) is 9.18. The van der Waals surface area contributed by atoms with Crippen LogP contribution in [0.25, 0.3) is 5.69 Å². The smallest absolute Gasteiger partial charge is 0.217 e. The van der Waals surface area contributed by atoms with Crippen molar-refractivity contribution >= 4 is 34.8 Å². The van der Waals surface area contributed by atoms with E-state index in [1.54, 1.807) is 0 Å². The quantitative estimate of drug-likeness (QED) is 0.725. The minimum Gasteiger partial charge on any atom is -0.217 e. The van der Waals surface area contributed by atoms with Crippen molar-refractivity contribution in [3.8, 4) is 5.69 Å². The van der Waals surface area contributed by atoms with Crippen LogP contribution in [0.2, 0.25) is 10.2 Å². The van der Waals surface area contributed by atoms with Crippen LogP contribution in [0.5, 0.6) is 0 Å². The average molecular weight is 330 g/mol. The van der Waals surface area contributed by atoms with Crippen LogP contribution in [0.1, 0.15) is 17.7 Å². The second-order valence-corrected chi connectivity index (χ2v) is 4.60. The van der Waals surface area contributed by atoms with Gasteiger partial charge in [-0.3, -0.25) is 0 Å². The number of para-hydroxylation sites is 1. The van der Waals surface area contributed by atoms with E-state index in [2.05, 4.69) is 5.10 Å². The van der Waals surface area contributed by atoms with E-state index >= 15 is 0 Å². The van der Waals surface area contributed by atoms with Crippen molar-refractivity contribution < 1.29 is 13.2 Å². The Morgan fingerprint density at radius 1 is 1.26 bits per heavy atom. The normalized spacial score (nSPS) is 11.3. The van der Waals surface area contributed by atoms with Gasteiger partial charge in [-0.25, -0.2) is 17.9 Å². The molecule has 0 saturated carbocycles. The molecule has 0 saturated heterocycles. The van der Waals surface area contributed by atoms with Gasteiger partial charge in [0, 0.05) is 5.56 Å². The molecular weight excluding hydrogens is 323 g/mol. The first-order valence-corrected chi connectivity index (χ1v) is 6.32. The molecular formula is C11H6Cl3F3N2. The van der Waals surface area contributed by atoms with E-state index in [-0.39, 0.29) is 27.3 Å². The monoisotopic (exact) mass is 328 g/mol. The molecule has 1 aromatic carbocycles. The Kier molecular flexibility index (Phi) is 4.28. The van der Waals surface area contributed by atoms with Gasteiger partial charge in [0.1, 0.15) is 22.4 Å². The van der Waals surface area contributed by atoms with Gasteiger partial charge in [-0.2, -0.15) is 5.10 Å². The molecule has 0 aliphatic heterocycles. The van der Waals surface area contributed by atoms with Crippen molar-refractivity contribution in [2.75, 3.05) is 0 Å². The van der Waals surface area contributed by atoms with Crippen LogP contribution in [-0.4, -0.2) is 9.78 Å². The summed E-state index contributed by atoms with van der Waals surface area (Å²) in [5, 5.41) is 3.42. The van der Waals surface area contributed by atoms with Crippen LogP contribution in [0.3, 0.4) is 0 Å². The fraction of sp³-hybridized carbons (Fsp3) is 0.182. The van der Waals surface area contributed by atoms with Crippen LogP contribution in [-0.2, 0) is 5.88 Å². The molecule has 1 heterocycles. The molecule has 19 heavy (non-hydrogen) atoms. The fourth-order valence-electron chi connectivity index (χ4n) is 1.58. The maximum absolute atomic E-state index is 13.7. The summed E-state index contributed by atoms with van der Waals surface area (Å²) in [4.78, 5) is 0. The van der Waals surface area contributed by atoms with Gasteiger partial charge in [-0.1, -0.05) is 29.3 Å². The molecule has 0 atom stereocenters. The van der Waals surface area contributed by atoms with E-state index in [0.717, 1.165) is 10.7 Å². The van der Waals surface area contributed by atoms with Crippen LogP contribution >= 0.6 is 34.8 Å². The first-order valence-electron chi connectivity index (χ1n) is 5.03. The number of hydrogen-bond acceptors (Lipinski definition) is 1. The molecule has 0 unspecified atom stereocenters. The highest BCUT2D eigenvalue weighted by Gasteiger charge is 2.25. The van der Waals surface area contributed by atoms with Gasteiger partial charge in [-0.05, 0) is 12.1 Å². The first kappa shape index (κ1) is 14.5. The van der Waals surface area contributed by atoms with Gasteiger partial charge in [0.25, 0.3) is 6.43 Å². The Hall–Kier alpha value is -0.910. The summed E-state index contributed by atoms with van der Waals surface area (Å²) in [5.41, 5.74) is -0.815. The summed E-state index contributed by atoms with van der Waals surface area (Å²) >= 11 is 17.3. The number of halogens is 6. The SMILES string of the molecule is Fc1cccc(Cl)c1-n1nc(C(F)F)c(CCl)c1Cl. The van der Waals surface area contributed by atoms with E-state index < -0.39 is 17.9 Å². The van der Waals surface area contributed by atoms with Crippen molar-refractivity contribution in [2.45, 2.75) is 12.3 Å². The Morgan fingerprint density at radius 3 is 2.42 bits per heavy atom. The van der Waals surface area contributed by atoms with Crippen molar-refractivity contribution in [2.24, 2.45) is 0 Å². The zero-order valence-corrected chi connectivity index (χ0v) is 11.4. The van der Waals surface area contributed by atoms with Gasteiger partial charge in [0.2, 0.25) is 0 Å². The minimum atomic E-state index is -2.86. The van der Waals surface area contributed by atoms with Gasteiger partial charge in [0.05, 0.1) is 10.9 Å². The van der Waals surface area contributed by atoms with Crippen molar-refractivity contribution in [3.63, 3.8) is 0 Å². The molecule has 2 aromatic rings. The summed E-state index contributed by atoms with van der Waals surface area (Å²) in [6.45, 7) is 0. The molecule has 0 aliphatic carbocycles. The first-order chi connectivity index (χ1) is 8.97. The third-order valence-electron chi connectivity index (χ3n) is 2.44. The molecule has 0 N–H and O–H groups in total. The Morgan fingerprint density at radius 2 is 1.95 bits per heavy atom. The van der Waals surface area contributed by atoms with E-state index in [9.17, 15) is 13.2 Å². The van der Waals surface area contributed by atoms with Crippen LogP contribution in [0.4, 0.5) is 13.2 Å². The predicted molar refractivity (Wildman–Crippen MR) is 68.1 cm³/mol. The molecule has 0 aliphatic rings. The third-order valence-corrected chi connectivity index (χ3v) is 3.40. The van der Waals surface area contributed by atoms with Crippen molar-refractivity contribution in [1.82, 2.24) is 9.78 Å². The standard InChI is InChI=1S/C11H6Cl3F3N2/c12-4-5-8(11(16)17)18-19(10(5)14)9-6(13)2-1-3-7(9)15/h1-3,11H,4H2. The zero-order chi connectivity index (χ0) is 14.2. The number of alkyl halides is 3. The van der Waals surface area contributed by atoms with Gasteiger partial charge in [-0.15, -0.1) is 11.6 Å². The lowest BCUT2D eigenvalue weighted by Crippen LogP contribution is -2.01. The molecule has 0 spiro atoms. The summed E-state index contributed by atoms with van der Waals surface area (Å²) in [5.74, 6) is -0.983. The number of rotatable bonds is 3. The number of nitrogens with zero attached hydrogens (tertiary/aromatic N) is 2. The highest BCUT2D eigenvalue weighted by atomic mass is 35.5. The summed E-state index contributed by atoms with van der Waals surface area (Å²) in [7, 11) is 0. The topological polar surface area (TPSA) is 17.8 Å². The molecule has 1 aromatic heterocycles. The summed E-state index contributed by atoms with van der Waals surface area (Å²) < 4.78 is 40.2. The van der Waals surface area contributed by atoms with E-state index in [4.69, 9.17) is 34.8 Å². The third kappa shape index (κ3) is 2.55.